The van der Waals surface area contributed by atoms with Gasteiger partial charge in [0.25, 0.3) is 10.0 Å². The summed E-state index contributed by atoms with van der Waals surface area (Å²) >= 11 is 1.22. The first-order valence-electron chi connectivity index (χ1n) is 11.3. The third-order valence-corrected chi connectivity index (χ3v) is 9.75. The number of benzene rings is 1. The Hall–Kier alpha value is -2.10. The van der Waals surface area contributed by atoms with E-state index in [2.05, 4.69) is 0 Å². The molecule has 172 valence electrons. The molecular weight excluding hydrogens is 448 g/mol. The van der Waals surface area contributed by atoms with Gasteiger partial charge in [0.1, 0.15) is 4.21 Å². The number of thiophene rings is 1. The molecule has 9 heteroatoms. The molecule has 3 aliphatic heterocycles. The zero-order valence-electron chi connectivity index (χ0n) is 17.9. The number of nitrogens with zero attached hydrogens (tertiary/aromatic N) is 2. The smallest absolute Gasteiger partial charge is 0.252 e. The lowest BCUT2D eigenvalue weighted by atomic mass is 9.96. The normalized spacial score (nSPS) is 24.3. The average molecular weight is 477 g/mol. The molecule has 0 N–H and O–H groups in total. The van der Waals surface area contributed by atoms with E-state index in [0.29, 0.717) is 36.9 Å². The lowest BCUT2D eigenvalue weighted by molar-refractivity contribution is -0.137. The van der Waals surface area contributed by atoms with Crippen LogP contribution in [0.1, 0.15) is 43.7 Å². The summed E-state index contributed by atoms with van der Waals surface area (Å²) in [5, 5.41) is 1.77. The van der Waals surface area contributed by atoms with Crippen LogP contribution < -0.4 is 9.47 Å². The van der Waals surface area contributed by atoms with Crippen molar-refractivity contribution in [2.24, 2.45) is 5.92 Å². The molecule has 2 aromatic rings. The van der Waals surface area contributed by atoms with Gasteiger partial charge in [-0.05, 0) is 54.8 Å². The molecule has 1 aromatic carbocycles. The molecule has 2 saturated heterocycles. The molecule has 3 aliphatic rings. The van der Waals surface area contributed by atoms with Gasteiger partial charge in [-0.3, -0.25) is 4.79 Å². The van der Waals surface area contributed by atoms with Crippen LogP contribution in [0.2, 0.25) is 0 Å². The van der Waals surface area contributed by atoms with E-state index >= 15 is 0 Å². The Balaban J connectivity index is 1.33. The van der Waals surface area contributed by atoms with E-state index in [4.69, 9.17) is 9.47 Å². The van der Waals surface area contributed by atoms with Crippen LogP contribution in [0, 0.1) is 5.92 Å². The second-order valence-electron chi connectivity index (χ2n) is 8.58. The molecule has 0 aliphatic carbocycles. The van der Waals surface area contributed by atoms with Crippen LogP contribution in [0.25, 0.3) is 0 Å². The van der Waals surface area contributed by atoms with Gasteiger partial charge in [-0.15, -0.1) is 11.3 Å². The van der Waals surface area contributed by atoms with Crippen LogP contribution in [0.5, 0.6) is 11.5 Å². The first-order chi connectivity index (χ1) is 15.5. The van der Waals surface area contributed by atoms with Gasteiger partial charge in [-0.25, -0.2) is 8.42 Å². The van der Waals surface area contributed by atoms with Crippen molar-refractivity contribution in [3.63, 3.8) is 0 Å². The predicted octanol–water partition coefficient (Wildman–Crippen LogP) is 3.67. The predicted molar refractivity (Wildman–Crippen MR) is 122 cm³/mol. The highest BCUT2D eigenvalue weighted by Crippen LogP contribution is 2.39. The van der Waals surface area contributed by atoms with E-state index in [1.54, 1.807) is 17.5 Å². The maximum absolute atomic E-state index is 13.5. The Morgan fingerprint density at radius 3 is 2.62 bits per heavy atom. The maximum atomic E-state index is 13.5. The zero-order chi connectivity index (χ0) is 22.1. The maximum Gasteiger partial charge on any atom is 0.252 e. The zero-order valence-corrected chi connectivity index (χ0v) is 19.6. The van der Waals surface area contributed by atoms with Crippen molar-refractivity contribution >= 4 is 27.3 Å². The Labute approximate surface area is 193 Å². The Bertz CT molecular complexity index is 1070. The summed E-state index contributed by atoms with van der Waals surface area (Å²) in [6.45, 7) is 2.69. The number of likely N-dealkylation sites (tertiary alicyclic amines) is 1. The number of rotatable bonds is 4. The van der Waals surface area contributed by atoms with Gasteiger partial charge in [0, 0.05) is 26.1 Å². The first kappa shape index (κ1) is 21.7. The Morgan fingerprint density at radius 1 is 1.00 bits per heavy atom. The quantitative estimate of drug-likeness (QED) is 0.673. The minimum absolute atomic E-state index is 0.0102. The number of ether oxygens (including phenoxy) is 2. The van der Waals surface area contributed by atoms with Crippen LogP contribution in [-0.4, -0.2) is 56.4 Å². The SMILES string of the molecule is O=C(C1CCCN(S(=O)(=O)c2cccs2)C1)N1CCCC1c1ccc2c(c1)OCCCO2. The van der Waals surface area contributed by atoms with Crippen LogP contribution in [-0.2, 0) is 14.8 Å². The fourth-order valence-corrected chi connectivity index (χ4v) is 7.57. The molecule has 2 unspecified atom stereocenters. The fraction of sp³-hybridized carbons (Fsp3) is 0.522. The highest BCUT2D eigenvalue weighted by molar-refractivity contribution is 7.91. The van der Waals surface area contributed by atoms with Crippen molar-refractivity contribution in [2.75, 3.05) is 32.8 Å². The molecule has 2 atom stereocenters. The van der Waals surface area contributed by atoms with Crippen molar-refractivity contribution in [2.45, 2.75) is 42.4 Å². The summed E-state index contributed by atoms with van der Waals surface area (Å²) < 4.78 is 39.4. The third kappa shape index (κ3) is 4.13. The molecule has 32 heavy (non-hydrogen) atoms. The van der Waals surface area contributed by atoms with E-state index < -0.39 is 10.0 Å². The largest absolute Gasteiger partial charge is 0.490 e. The van der Waals surface area contributed by atoms with Gasteiger partial charge >= 0.3 is 0 Å². The Morgan fingerprint density at radius 2 is 1.81 bits per heavy atom. The monoisotopic (exact) mass is 476 g/mol. The van der Waals surface area contributed by atoms with E-state index in [9.17, 15) is 13.2 Å². The van der Waals surface area contributed by atoms with Crippen molar-refractivity contribution < 1.29 is 22.7 Å². The third-order valence-electron chi connectivity index (χ3n) is 6.51. The topological polar surface area (TPSA) is 76.2 Å². The lowest BCUT2D eigenvalue weighted by Crippen LogP contribution is -2.46. The fourth-order valence-electron chi connectivity index (χ4n) is 4.90. The number of carbonyl (C=O) groups excluding carboxylic acids is 1. The second-order valence-corrected chi connectivity index (χ2v) is 11.7. The molecule has 0 radical (unpaired) electrons. The number of carbonyl (C=O) groups is 1. The van der Waals surface area contributed by atoms with Gasteiger partial charge < -0.3 is 14.4 Å². The number of sulfonamides is 1. The van der Waals surface area contributed by atoms with Crippen LogP contribution >= 0.6 is 11.3 Å². The van der Waals surface area contributed by atoms with Gasteiger partial charge in [-0.2, -0.15) is 4.31 Å². The second kappa shape index (κ2) is 9.03. The van der Waals surface area contributed by atoms with E-state index in [1.165, 1.54) is 15.6 Å². The summed E-state index contributed by atoms with van der Waals surface area (Å²) in [6, 6.07) is 9.33. The molecule has 7 nitrogen and oxygen atoms in total. The van der Waals surface area contributed by atoms with Crippen LogP contribution in [0.4, 0.5) is 0 Å². The average Bonchev–Trinajstić information content (AvgIpc) is 3.48. The summed E-state index contributed by atoms with van der Waals surface area (Å²) in [5.41, 5.74) is 1.05. The van der Waals surface area contributed by atoms with Crippen molar-refractivity contribution in [3.05, 3.63) is 41.3 Å². The molecule has 1 aromatic heterocycles. The van der Waals surface area contributed by atoms with Crippen molar-refractivity contribution in [1.82, 2.24) is 9.21 Å². The summed E-state index contributed by atoms with van der Waals surface area (Å²) in [5.74, 6) is 1.25. The van der Waals surface area contributed by atoms with Crippen LogP contribution in [0.3, 0.4) is 0 Å². The molecule has 4 heterocycles. The number of hydrogen-bond donors (Lipinski definition) is 0. The number of amides is 1. The molecule has 2 fully saturated rings. The van der Waals surface area contributed by atoms with Gasteiger partial charge in [-0.1, -0.05) is 12.1 Å². The van der Waals surface area contributed by atoms with E-state index in [1.807, 2.05) is 23.1 Å². The summed E-state index contributed by atoms with van der Waals surface area (Å²) in [6.07, 6.45) is 4.11. The standard InChI is InChI=1S/C23H28N2O5S2/c26-23(18-5-1-10-24(16-18)32(27,28)22-7-3-14-31-22)25-11-2-6-19(25)17-8-9-20-21(15-17)30-13-4-12-29-20/h3,7-9,14-15,18-19H,1-2,4-6,10-13,16H2. The van der Waals surface area contributed by atoms with Crippen molar-refractivity contribution in [3.8, 4) is 11.5 Å². The molecule has 0 bridgehead atoms. The highest BCUT2D eigenvalue weighted by atomic mass is 32.2. The number of hydrogen-bond acceptors (Lipinski definition) is 6. The van der Waals surface area contributed by atoms with Gasteiger partial charge in [0.05, 0.1) is 25.2 Å². The lowest BCUT2D eigenvalue weighted by Gasteiger charge is -2.35. The molecular formula is C23H28N2O5S2. The Kier molecular flexibility index (Phi) is 6.14. The van der Waals surface area contributed by atoms with E-state index in [0.717, 1.165) is 42.7 Å². The van der Waals surface area contributed by atoms with E-state index in [-0.39, 0.29) is 24.4 Å². The van der Waals surface area contributed by atoms with Gasteiger partial charge in [0.15, 0.2) is 11.5 Å². The minimum atomic E-state index is -3.54. The number of fused-ring (bicyclic) bond motifs is 1. The van der Waals surface area contributed by atoms with Crippen molar-refractivity contribution in [1.29, 1.82) is 0 Å². The minimum Gasteiger partial charge on any atom is -0.490 e. The highest BCUT2D eigenvalue weighted by Gasteiger charge is 2.39. The molecule has 1 amide bonds. The summed E-state index contributed by atoms with van der Waals surface area (Å²) in [7, 11) is -3.54. The number of piperidine rings is 1. The van der Waals surface area contributed by atoms with Gasteiger partial charge in [0.2, 0.25) is 5.91 Å². The molecule has 0 saturated carbocycles. The molecule has 0 spiro atoms. The molecule has 5 rings (SSSR count). The van der Waals surface area contributed by atoms with Crippen LogP contribution in [0.15, 0.2) is 39.9 Å². The summed E-state index contributed by atoms with van der Waals surface area (Å²) in [4.78, 5) is 15.5. The first-order valence-corrected chi connectivity index (χ1v) is 13.6.